The van der Waals surface area contributed by atoms with Crippen molar-refractivity contribution in [3.05, 3.63) is 33.3 Å². The molecule has 0 spiro atoms. The maximum absolute atomic E-state index is 11.7. The first-order chi connectivity index (χ1) is 7.15. The first kappa shape index (κ1) is 12.5. The topological polar surface area (TPSA) is 29.1 Å². The summed E-state index contributed by atoms with van der Waals surface area (Å²) >= 11 is 9.10. The molecule has 0 aromatic heterocycles. The van der Waals surface area contributed by atoms with Gasteiger partial charge >= 0.3 is 0 Å². The summed E-state index contributed by atoms with van der Waals surface area (Å²) < 4.78 is 0.726. The van der Waals surface area contributed by atoms with Crippen LogP contribution >= 0.6 is 27.5 Å². The number of amides is 1. The standard InChI is InChI=1S/C11H13BrClNO/c1-2-3-6-14-11(15)9-5-4-8(13)7-10(9)12/h4-5,7H,2-3,6H2,1H3,(H,14,15). The molecule has 0 aliphatic rings. The van der Waals surface area contributed by atoms with E-state index in [1.807, 2.05) is 0 Å². The molecule has 0 saturated heterocycles. The number of nitrogens with one attached hydrogen (secondary N) is 1. The second-order valence-corrected chi connectivity index (χ2v) is 4.52. The average Bonchev–Trinajstić information content (AvgIpc) is 2.17. The Kier molecular flexibility index (Phi) is 5.12. The number of halogens is 2. The summed E-state index contributed by atoms with van der Waals surface area (Å²) in [5, 5.41) is 3.47. The first-order valence-electron chi connectivity index (χ1n) is 4.88. The van der Waals surface area contributed by atoms with Crippen molar-refractivity contribution >= 4 is 33.4 Å². The van der Waals surface area contributed by atoms with Crippen molar-refractivity contribution < 1.29 is 4.79 Å². The van der Waals surface area contributed by atoms with Gasteiger partial charge in [-0.15, -0.1) is 0 Å². The highest BCUT2D eigenvalue weighted by atomic mass is 79.9. The van der Waals surface area contributed by atoms with Crippen LogP contribution in [0.2, 0.25) is 5.02 Å². The molecule has 0 radical (unpaired) electrons. The fourth-order valence-corrected chi connectivity index (χ4v) is 2.01. The highest BCUT2D eigenvalue weighted by Gasteiger charge is 2.08. The molecule has 4 heteroatoms. The second-order valence-electron chi connectivity index (χ2n) is 3.23. The van der Waals surface area contributed by atoms with Crippen LogP contribution in [0.3, 0.4) is 0 Å². The van der Waals surface area contributed by atoms with Gasteiger partial charge in [-0.25, -0.2) is 0 Å². The highest BCUT2D eigenvalue weighted by molar-refractivity contribution is 9.10. The molecule has 0 saturated carbocycles. The quantitative estimate of drug-likeness (QED) is 0.843. The molecule has 1 aromatic carbocycles. The van der Waals surface area contributed by atoms with Crippen LogP contribution in [0.4, 0.5) is 0 Å². The number of hydrogen-bond acceptors (Lipinski definition) is 1. The van der Waals surface area contributed by atoms with E-state index >= 15 is 0 Å². The van der Waals surface area contributed by atoms with Gasteiger partial charge in [-0.2, -0.15) is 0 Å². The number of carbonyl (C=O) groups excluding carboxylic acids is 1. The van der Waals surface area contributed by atoms with Gasteiger partial charge in [0.1, 0.15) is 0 Å². The molecule has 0 unspecified atom stereocenters. The Balaban J connectivity index is 2.65. The first-order valence-corrected chi connectivity index (χ1v) is 6.05. The van der Waals surface area contributed by atoms with E-state index in [-0.39, 0.29) is 5.91 Å². The zero-order valence-electron chi connectivity index (χ0n) is 8.52. The van der Waals surface area contributed by atoms with Gasteiger partial charge in [-0.1, -0.05) is 24.9 Å². The van der Waals surface area contributed by atoms with Crippen LogP contribution in [-0.2, 0) is 0 Å². The van der Waals surface area contributed by atoms with Crippen LogP contribution < -0.4 is 5.32 Å². The Bertz CT molecular complexity index is 354. The van der Waals surface area contributed by atoms with Crippen LogP contribution in [0.25, 0.3) is 0 Å². The summed E-state index contributed by atoms with van der Waals surface area (Å²) in [6.45, 7) is 2.80. The van der Waals surface area contributed by atoms with Gasteiger partial charge in [-0.05, 0) is 40.5 Å². The monoisotopic (exact) mass is 289 g/mol. The lowest BCUT2D eigenvalue weighted by atomic mass is 10.2. The summed E-state index contributed by atoms with van der Waals surface area (Å²) in [7, 11) is 0. The van der Waals surface area contributed by atoms with Gasteiger partial charge in [0.05, 0.1) is 5.56 Å². The molecule has 0 atom stereocenters. The number of unbranched alkanes of at least 4 members (excludes halogenated alkanes) is 1. The third kappa shape index (κ3) is 3.84. The minimum Gasteiger partial charge on any atom is -0.352 e. The normalized spacial score (nSPS) is 10.1. The summed E-state index contributed by atoms with van der Waals surface area (Å²) in [6.07, 6.45) is 2.07. The van der Waals surface area contributed by atoms with E-state index in [4.69, 9.17) is 11.6 Å². The zero-order chi connectivity index (χ0) is 11.3. The second kappa shape index (κ2) is 6.13. The zero-order valence-corrected chi connectivity index (χ0v) is 10.9. The Morgan fingerprint density at radius 1 is 1.53 bits per heavy atom. The van der Waals surface area contributed by atoms with Crippen LogP contribution in [0.5, 0.6) is 0 Å². The SMILES string of the molecule is CCCCNC(=O)c1ccc(Cl)cc1Br. The van der Waals surface area contributed by atoms with Crippen molar-refractivity contribution in [2.24, 2.45) is 0 Å². The van der Waals surface area contributed by atoms with E-state index in [2.05, 4.69) is 28.2 Å². The molecule has 2 nitrogen and oxygen atoms in total. The summed E-state index contributed by atoms with van der Waals surface area (Å²) in [5.74, 6) is -0.0630. The third-order valence-corrected chi connectivity index (χ3v) is 2.88. The lowest BCUT2D eigenvalue weighted by molar-refractivity contribution is 0.0952. The van der Waals surface area contributed by atoms with E-state index < -0.39 is 0 Å². The third-order valence-electron chi connectivity index (χ3n) is 1.99. The minimum atomic E-state index is -0.0630. The van der Waals surface area contributed by atoms with Crippen LogP contribution in [0, 0.1) is 0 Å². The van der Waals surface area contributed by atoms with Gasteiger partial charge in [0.25, 0.3) is 5.91 Å². The van der Waals surface area contributed by atoms with Crippen molar-refractivity contribution in [1.29, 1.82) is 0 Å². The van der Waals surface area contributed by atoms with E-state index in [0.29, 0.717) is 17.1 Å². The molecule has 82 valence electrons. The molecule has 0 aliphatic carbocycles. The Morgan fingerprint density at radius 3 is 2.87 bits per heavy atom. The minimum absolute atomic E-state index is 0.0630. The number of carbonyl (C=O) groups is 1. The van der Waals surface area contributed by atoms with Gasteiger partial charge in [-0.3, -0.25) is 4.79 Å². The molecule has 1 N–H and O–H groups in total. The largest absolute Gasteiger partial charge is 0.352 e. The summed E-state index contributed by atoms with van der Waals surface area (Å²) in [4.78, 5) is 11.7. The van der Waals surface area contributed by atoms with Gasteiger partial charge in [0.15, 0.2) is 0 Å². The molecular formula is C11H13BrClNO. The average molecular weight is 291 g/mol. The molecule has 1 aromatic rings. The molecule has 0 fully saturated rings. The maximum atomic E-state index is 11.7. The van der Waals surface area contributed by atoms with Crippen LogP contribution in [0.1, 0.15) is 30.1 Å². The lowest BCUT2D eigenvalue weighted by Crippen LogP contribution is -2.24. The molecular weight excluding hydrogens is 277 g/mol. The van der Waals surface area contributed by atoms with E-state index in [1.54, 1.807) is 18.2 Å². The maximum Gasteiger partial charge on any atom is 0.252 e. The Hall–Kier alpha value is -0.540. The van der Waals surface area contributed by atoms with Crippen molar-refractivity contribution in [2.45, 2.75) is 19.8 Å². The number of rotatable bonds is 4. The van der Waals surface area contributed by atoms with E-state index in [1.165, 1.54) is 0 Å². The molecule has 0 heterocycles. The van der Waals surface area contributed by atoms with Crippen LogP contribution in [0.15, 0.2) is 22.7 Å². The van der Waals surface area contributed by atoms with Crippen molar-refractivity contribution in [2.75, 3.05) is 6.54 Å². The summed E-state index contributed by atoms with van der Waals surface area (Å²) in [5.41, 5.74) is 0.621. The molecule has 15 heavy (non-hydrogen) atoms. The Morgan fingerprint density at radius 2 is 2.27 bits per heavy atom. The fraction of sp³-hybridized carbons (Fsp3) is 0.364. The molecule has 0 bridgehead atoms. The lowest BCUT2D eigenvalue weighted by Gasteiger charge is -2.06. The molecule has 1 rings (SSSR count). The molecule has 0 aliphatic heterocycles. The Labute approximate surface area is 103 Å². The van der Waals surface area contributed by atoms with Crippen molar-refractivity contribution in [3.8, 4) is 0 Å². The summed E-state index contributed by atoms with van der Waals surface area (Å²) in [6, 6.07) is 5.14. The number of benzene rings is 1. The highest BCUT2D eigenvalue weighted by Crippen LogP contribution is 2.21. The molecule has 1 amide bonds. The van der Waals surface area contributed by atoms with Gasteiger partial charge in [0.2, 0.25) is 0 Å². The van der Waals surface area contributed by atoms with E-state index in [9.17, 15) is 4.79 Å². The smallest absolute Gasteiger partial charge is 0.252 e. The number of hydrogen-bond donors (Lipinski definition) is 1. The van der Waals surface area contributed by atoms with Crippen molar-refractivity contribution in [3.63, 3.8) is 0 Å². The predicted molar refractivity (Wildman–Crippen MR) is 66.4 cm³/mol. The van der Waals surface area contributed by atoms with Crippen LogP contribution in [-0.4, -0.2) is 12.5 Å². The fourth-order valence-electron chi connectivity index (χ4n) is 1.15. The van der Waals surface area contributed by atoms with Crippen molar-refractivity contribution in [1.82, 2.24) is 5.32 Å². The van der Waals surface area contributed by atoms with Gasteiger partial charge in [0, 0.05) is 16.0 Å². The van der Waals surface area contributed by atoms with E-state index in [0.717, 1.165) is 17.3 Å². The predicted octanol–water partition coefficient (Wildman–Crippen LogP) is 3.63. The van der Waals surface area contributed by atoms with Gasteiger partial charge < -0.3 is 5.32 Å².